The Bertz CT molecular complexity index is 1460. The predicted octanol–water partition coefficient (Wildman–Crippen LogP) is 1.33. The van der Waals surface area contributed by atoms with Gasteiger partial charge < -0.3 is 21.0 Å². The third kappa shape index (κ3) is 4.31. The molecule has 5 heterocycles. The Balaban J connectivity index is 1.36. The van der Waals surface area contributed by atoms with Gasteiger partial charge in [0.15, 0.2) is 29.8 Å². The van der Waals surface area contributed by atoms with Crippen LogP contribution in [-0.4, -0.2) is 62.8 Å². The molecule has 0 spiro atoms. The first-order chi connectivity index (χ1) is 17.3. The fourth-order valence-electron chi connectivity index (χ4n) is 4.19. The third-order valence-corrected chi connectivity index (χ3v) is 8.75. The number of nitrogens with zero attached hydrogens (tertiary/aromatic N) is 4. The lowest BCUT2D eigenvalue weighted by Gasteiger charge is -2.49. The summed E-state index contributed by atoms with van der Waals surface area (Å²) in [6.07, 6.45) is 3.88. The lowest BCUT2D eigenvalue weighted by molar-refractivity contribution is -0.687. The monoisotopic (exact) mass is 545 g/mol. The van der Waals surface area contributed by atoms with Crippen LogP contribution >= 0.6 is 34.4 Å². The van der Waals surface area contributed by atoms with Crippen LogP contribution in [0, 0.1) is 6.92 Å². The summed E-state index contributed by atoms with van der Waals surface area (Å²) in [6, 6.07) is 3.18. The number of nitrogens with two attached hydrogens (primary N) is 1. The van der Waals surface area contributed by atoms with E-state index in [4.69, 9.17) is 10.6 Å². The van der Waals surface area contributed by atoms with E-state index in [9.17, 15) is 19.5 Å². The van der Waals surface area contributed by atoms with Crippen molar-refractivity contribution in [2.75, 3.05) is 18.6 Å². The minimum Gasteiger partial charge on any atom is -0.477 e. The molecule has 2 amide bonds. The van der Waals surface area contributed by atoms with Gasteiger partial charge in [0.1, 0.15) is 29.9 Å². The number of carbonyl (C=O) groups is 3. The smallest absolute Gasteiger partial charge is 0.352 e. The van der Waals surface area contributed by atoms with Crippen LogP contribution < -0.4 is 15.6 Å². The van der Waals surface area contributed by atoms with Gasteiger partial charge in [-0.05, 0) is 13.0 Å². The Labute approximate surface area is 217 Å². The van der Waals surface area contributed by atoms with Crippen LogP contribution in [0.5, 0.6) is 0 Å². The molecule has 4 N–H and O–H groups in total. The molecule has 2 aliphatic heterocycles. The van der Waals surface area contributed by atoms with Gasteiger partial charge in [-0.15, -0.1) is 34.4 Å². The second kappa shape index (κ2) is 9.52. The molecule has 0 saturated carbocycles. The number of thiophene rings is 1. The second-order valence-corrected chi connectivity index (χ2v) is 11.4. The molecule has 14 heteroatoms. The maximum absolute atomic E-state index is 13.0. The molecule has 36 heavy (non-hydrogen) atoms. The molecule has 0 aliphatic carbocycles. The van der Waals surface area contributed by atoms with Crippen molar-refractivity contribution in [3.8, 4) is 0 Å². The highest BCUT2D eigenvalue weighted by Gasteiger charge is 2.54. The number of carboxylic acid groups (broad SMARTS) is 1. The highest BCUT2D eigenvalue weighted by Crippen LogP contribution is 2.40. The number of hydrogen-bond acceptors (Lipinski definition) is 10. The summed E-state index contributed by atoms with van der Waals surface area (Å²) in [7, 11) is 1.29. The van der Waals surface area contributed by atoms with Gasteiger partial charge in [-0.2, -0.15) is 0 Å². The first-order valence-electron chi connectivity index (χ1n) is 10.7. The molecule has 11 nitrogen and oxygen atoms in total. The van der Waals surface area contributed by atoms with E-state index in [0.717, 1.165) is 21.4 Å². The maximum Gasteiger partial charge on any atom is 0.352 e. The van der Waals surface area contributed by atoms with E-state index < -0.39 is 29.2 Å². The number of thiazole rings is 1. The molecule has 2 aliphatic rings. The first kappa shape index (κ1) is 24.2. The van der Waals surface area contributed by atoms with E-state index in [1.54, 1.807) is 16.7 Å². The molecule has 3 aromatic heterocycles. The summed E-state index contributed by atoms with van der Waals surface area (Å²) in [5.41, 5.74) is 6.34. The van der Waals surface area contributed by atoms with Crippen LogP contribution in [-0.2, 0) is 25.8 Å². The number of oxime groups is 1. The molecule has 1 fully saturated rings. The molecule has 1 saturated heterocycles. The molecule has 1 unspecified atom stereocenters. The summed E-state index contributed by atoms with van der Waals surface area (Å²) in [5, 5.41) is 18.7. The van der Waals surface area contributed by atoms with Gasteiger partial charge in [0.2, 0.25) is 0 Å². The van der Waals surface area contributed by atoms with Crippen LogP contribution in [0.1, 0.15) is 10.6 Å². The number of carboxylic acids is 1. The van der Waals surface area contributed by atoms with E-state index in [1.165, 1.54) is 28.6 Å². The summed E-state index contributed by atoms with van der Waals surface area (Å²) >= 11 is 4.23. The van der Waals surface area contributed by atoms with Gasteiger partial charge in [-0.1, -0.05) is 5.16 Å². The van der Waals surface area contributed by atoms with Crippen LogP contribution in [0.2, 0.25) is 0 Å². The topological polar surface area (TPSA) is 151 Å². The predicted molar refractivity (Wildman–Crippen MR) is 137 cm³/mol. The van der Waals surface area contributed by atoms with E-state index in [-0.39, 0.29) is 22.2 Å². The standard InChI is InChI=1S/C22H20N6O5S3/c1-10-5-11-6-27(4-3-14(11)36-10)7-12-8-34-20-16(19(30)28(20)17(12)21(31)32)25-18(29)15(26-33-2)13-9-35-22(23)24-13/h3-6,9,16,20H,7-8H2,1-2H3,(H3-,23,24,25,29,31,32)/p+1/t16?,20-/m0/s1. The van der Waals surface area contributed by atoms with Gasteiger partial charge in [0, 0.05) is 32.3 Å². The van der Waals surface area contributed by atoms with E-state index in [0.29, 0.717) is 17.9 Å². The van der Waals surface area contributed by atoms with Gasteiger partial charge in [0.25, 0.3) is 11.8 Å². The van der Waals surface area contributed by atoms with Crippen molar-refractivity contribution in [3.05, 3.63) is 51.7 Å². The van der Waals surface area contributed by atoms with Gasteiger partial charge in [0.05, 0.1) is 5.39 Å². The number of aromatic nitrogens is 2. The fourth-order valence-corrected chi connectivity index (χ4v) is 6.97. The summed E-state index contributed by atoms with van der Waals surface area (Å²) in [4.78, 5) is 49.4. The van der Waals surface area contributed by atoms with Gasteiger partial charge >= 0.3 is 5.97 Å². The Hall–Kier alpha value is -3.49. The van der Waals surface area contributed by atoms with Crippen molar-refractivity contribution in [2.45, 2.75) is 24.9 Å². The summed E-state index contributed by atoms with van der Waals surface area (Å²) < 4.78 is 3.08. The molecular formula is C22H21N6O5S3+. The highest BCUT2D eigenvalue weighted by molar-refractivity contribution is 8.00. The van der Waals surface area contributed by atoms with Crippen LogP contribution in [0.3, 0.4) is 0 Å². The minimum atomic E-state index is -1.18. The Morgan fingerprint density at radius 2 is 2.25 bits per heavy atom. The zero-order chi connectivity index (χ0) is 25.6. The third-order valence-electron chi connectivity index (χ3n) is 5.71. The number of fused-ring (bicyclic) bond motifs is 2. The number of nitrogen functional groups attached to an aromatic ring is 1. The number of carbonyl (C=O) groups excluding carboxylic acids is 2. The van der Waals surface area contributed by atoms with Crippen LogP contribution in [0.15, 0.2) is 46.3 Å². The zero-order valence-electron chi connectivity index (χ0n) is 19.1. The highest BCUT2D eigenvalue weighted by atomic mass is 32.2. The van der Waals surface area contributed by atoms with E-state index >= 15 is 0 Å². The number of aryl methyl sites for hydroxylation is 1. The Morgan fingerprint density at radius 1 is 1.44 bits per heavy atom. The van der Waals surface area contributed by atoms with Crippen molar-refractivity contribution in [2.24, 2.45) is 5.16 Å². The molecule has 186 valence electrons. The lowest BCUT2D eigenvalue weighted by atomic mass is 10.0. The molecule has 0 bridgehead atoms. The van der Waals surface area contributed by atoms with Gasteiger partial charge in [-0.3, -0.25) is 14.5 Å². The van der Waals surface area contributed by atoms with Crippen molar-refractivity contribution >= 4 is 73.1 Å². The molecular weight excluding hydrogens is 524 g/mol. The van der Waals surface area contributed by atoms with Crippen molar-refractivity contribution < 1.29 is 28.9 Å². The second-order valence-electron chi connectivity index (χ2n) is 8.11. The zero-order valence-corrected chi connectivity index (χ0v) is 21.6. The van der Waals surface area contributed by atoms with Crippen LogP contribution in [0.25, 0.3) is 10.1 Å². The molecule has 2 atom stereocenters. The SMILES string of the molecule is CON=C(C(=O)NC1C(=O)N2C(C(=O)O)=C(C[n+]3ccc4sc(C)cc4c3)CS[C@@H]12)c1csc(N)n1. The average Bonchev–Trinajstić information content (AvgIpc) is 3.44. The van der Waals surface area contributed by atoms with Gasteiger partial charge in [-0.25, -0.2) is 14.3 Å². The number of β-lactam (4-membered cyclic amide) rings is 1. The number of amides is 2. The Kier molecular flexibility index (Phi) is 6.40. The van der Waals surface area contributed by atoms with E-state index in [2.05, 4.69) is 21.5 Å². The summed E-state index contributed by atoms with van der Waals surface area (Å²) in [5.74, 6) is -1.94. The van der Waals surface area contributed by atoms with Crippen molar-refractivity contribution in [1.29, 1.82) is 0 Å². The van der Waals surface area contributed by atoms with E-state index in [1.807, 2.05) is 30.0 Å². The normalized spacial score (nSPS) is 19.8. The Morgan fingerprint density at radius 3 is 2.94 bits per heavy atom. The number of aliphatic carboxylic acids is 1. The number of thioether (sulfide) groups is 1. The average molecular weight is 546 g/mol. The number of pyridine rings is 1. The number of nitrogens with one attached hydrogen (secondary N) is 1. The minimum absolute atomic E-state index is 0.0404. The molecule has 0 aromatic carbocycles. The number of hydrogen-bond donors (Lipinski definition) is 3. The number of anilines is 1. The molecule has 0 radical (unpaired) electrons. The quantitative estimate of drug-likeness (QED) is 0.174. The molecule has 3 aromatic rings. The van der Waals surface area contributed by atoms with Crippen molar-refractivity contribution in [3.63, 3.8) is 0 Å². The van der Waals surface area contributed by atoms with Crippen LogP contribution in [0.4, 0.5) is 5.13 Å². The summed E-state index contributed by atoms with van der Waals surface area (Å²) in [6.45, 7) is 2.38. The van der Waals surface area contributed by atoms with Crippen molar-refractivity contribution in [1.82, 2.24) is 15.2 Å². The molecule has 5 rings (SSSR count). The first-order valence-corrected chi connectivity index (χ1v) is 13.4. The number of rotatable bonds is 7. The fraction of sp³-hybridized carbons (Fsp3) is 0.273. The lowest BCUT2D eigenvalue weighted by Crippen LogP contribution is -2.71. The maximum atomic E-state index is 13.0. The largest absolute Gasteiger partial charge is 0.477 e.